The fraction of sp³-hybridized carbons (Fsp3) is 0.176. The number of amides is 2. The van der Waals surface area contributed by atoms with Crippen LogP contribution in [0.15, 0.2) is 48.5 Å². The van der Waals surface area contributed by atoms with E-state index in [0.717, 1.165) is 11.1 Å². The van der Waals surface area contributed by atoms with Gasteiger partial charge in [-0.15, -0.1) is 0 Å². The highest BCUT2D eigenvalue weighted by molar-refractivity contribution is 6.30. The molecule has 4 nitrogen and oxygen atoms in total. The van der Waals surface area contributed by atoms with E-state index >= 15 is 0 Å². The highest BCUT2D eigenvalue weighted by Crippen LogP contribution is 2.11. The van der Waals surface area contributed by atoms with Crippen molar-refractivity contribution in [3.8, 4) is 0 Å². The summed E-state index contributed by atoms with van der Waals surface area (Å²) in [6.45, 7) is 1.97. The molecule has 2 aromatic carbocycles. The van der Waals surface area contributed by atoms with Gasteiger partial charge in [0.05, 0.1) is 0 Å². The lowest BCUT2D eigenvalue weighted by Gasteiger charge is -2.16. The minimum absolute atomic E-state index is 0.354. The molecule has 0 aliphatic heterocycles. The summed E-state index contributed by atoms with van der Waals surface area (Å²) in [4.78, 5) is 23.8. The van der Waals surface area contributed by atoms with Crippen LogP contribution in [0.5, 0.6) is 0 Å². The van der Waals surface area contributed by atoms with Gasteiger partial charge in [-0.1, -0.05) is 41.4 Å². The van der Waals surface area contributed by atoms with Gasteiger partial charge in [0.1, 0.15) is 6.04 Å². The van der Waals surface area contributed by atoms with Gasteiger partial charge in [-0.25, -0.2) is 0 Å². The van der Waals surface area contributed by atoms with Gasteiger partial charge < -0.3 is 11.1 Å². The predicted molar refractivity (Wildman–Crippen MR) is 86.8 cm³/mol. The van der Waals surface area contributed by atoms with Crippen LogP contribution in [-0.4, -0.2) is 17.9 Å². The molecule has 0 unspecified atom stereocenters. The number of nitrogens with one attached hydrogen (secondary N) is 1. The second kappa shape index (κ2) is 7.09. The van der Waals surface area contributed by atoms with E-state index in [2.05, 4.69) is 5.32 Å². The van der Waals surface area contributed by atoms with Crippen molar-refractivity contribution in [2.75, 3.05) is 0 Å². The summed E-state index contributed by atoms with van der Waals surface area (Å²) in [5, 5.41) is 3.21. The van der Waals surface area contributed by atoms with Crippen LogP contribution >= 0.6 is 11.6 Å². The lowest BCUT2D eigenvalue weighted by atomic mass is 10.0. The molecular weight excluding hydrogens is 300 g/mol. The second-order valence-electron chi connectivity index (χ2n) is 5.13. The molecule has 0 bridgehead atoms. The molecule has 0 spiro atoms. The van der Waals surface area contributed by atoms with Crippen molar-refractivity contribution < 1.29 is 9.59 Å². The van der Waals surface area contributed by atoms with Crippen LogP contribution in [0.1, 0.15) is 21.5 Å². The van der Waals surface area contributed by atoms with E-state index in [1.165, 1.54) is 0 Å². The fourth-order valence-electron chi connectivity index (χ4n) is 2.14. The maximum atomic E-state index is 12.2. The Morgan fingerprint density at radius 3 is 2.45 bits per heavy atom. The molecule has 114 valence electrons. The van der Waals surface area contributed by atoms with Crippen LogP contribution in [-0.2, 0) is 11.2 Å². The first-order chi connectivity index (χ1) is 10.5. The lowest BCUT2D eigenvalue weighted by molar-refractivity contribution is -0.119. The number of primary amides is 1. The highest BCUT2D eigenvalue weighted by atomic mass is 35.5. The fourth-order valence-corrected chi connectivity index (χ4v) is 2.27. The van der Waals surface area contributed by atoms with Crippen LogP contribution in [0.2, 0.25) is 5.02 Å². The number of aryl methyl sites for hydroxylation is 1. The Morgan fingerprint density at radius 1 is 1.18 bits per heavy atom. The number of benzene rings is 2. The molecule has 2 amide bonds. The van der Waals surface area contributed by atoms with Gasteiger partial charge in [-0.2, -0.15) is 0 Å². The van der Waals surface area contributed by atoms with E-state index in [-0.39, 0.29) is 5.91 Å². The van der Waals surface area contributed by atoms with Crippen LogP contribution in [0.4, 0.5) is 0 Å². The normalized spacial score (nSPS) is 11.7. The average Bonchev–Trinajstić information content (AvgIpc) is 2.47. The maximum absolute atomic E-state index is 12.2. The number of carbonyl (C=O) groups is 2. The molecule has 0 aliphatic rings. The van der Waals surface area contributed by atoms with Gasteiger partial charge in [0, 0.05) is 17.0 Å². The van der Waals surface area contributed by atoms with E-state index in [0.29, 0.717) is 17.0 Å². The Morgan fingerprint density at radius 2 is 1.86 bits per heavy atom. The molecule has 0 fully saturated rings. The predicted octanol–water partition coefficient (Wildman–Crippen LogP) is 2.47. The molecule has 5 heteroatoms. The Bertz CT molecular complexity index is 683. The average molecular weight is 317 g/mol. The van der Waals surface area contributed by atoms with Crippen molar-refractivity contribution in [1.82, 2.24) is 5.32 Å². The van der Waals surface area contributed by atoms with Crippen molar-refractivity contribution in [2.45, 2.75) is 19.4 Å². The highest BCUT2D eigenvalue weighted by Gasteiger charge is 2.19. The van der Waals surface area contributed by atoms with Crippen molar-refractivity contribution >= 4 is 23.4 Å². The standard InChI is InChI=1S/C17H17ClN2O2/c1-11-3-2-4-12(9-11)10-15(16(19)21)20-17(22)13-5-7-14(18)8-6-13/h2-9,15H,10H2,1H3,(H2,19,21)(H,20,22)/t15-/m1/s1. The largest absolute Gasteiger partial charge is 0.368 e. The Balaban J connectivity index is 2.10. The SMILES string of the molecule is Cc1cccc(C[C@@H](NC(=O)c2ccc(Cl)cc2)C(N)=O)c1. The van der Waals surface area contributed by atoms with Crippen molar-refractivity contribution in [3.05, 3.63) is 70.2 Å². The molecule has 0 radical (unpaired) electrons. The van der Waals surface area contributed by atoms with Crippen molar-refractivity contribution in [1.29, 1.82) is 0 Å². The van der Waals surface area contributed by atoms with Crippen LogP contribution < -0.4 is 11.1 Å². The number of halogens is 1. The number of nitrogens with two attached hydrogens (primary N) is 1. The first-order valence-corrected chi connectivity index (χ1v) is 7.25. The molecule has 0 saturated carbocycles. The van der Waals surface area contributed by atoms with Crippen LogP contribution in [0, 0.1) is 6.92 Å². The Labute approximate surface area is 134 Å². The number of carbonyl (C=O) groups excluding carboxylic acids is 2. The van der Waals surface area contributed by atoms with Gasteiger partial charge in [0.25, 0.3) is 5.91 Å². The zero-order chi connectivity index (χ0) is 16.1. The number of hydrogen-bond acceptors (Lipinski definition) is 2. The third-order valence-corrected chi connectivity index (χ3v) is 3.53. The molecule has 22 heavy (non-hydrogen) atoms. The van der Waals surface area contributed by atoms with Gasteiger partial charge in [0.15, 0.2) is 0 Å². The van der Waals surface area contributed by atoms with Gasteiger partial charge >= 0.3 is 0 Å². The summed E-state index contributed by atoms with van der Waals surface area (Å²) in [6, 6.07) is 13.4. The van der Waals surface area contributed by atoms with Gasteiger partial charge in [-0.05, 0) is 36.8 Å². The maximum Gasteiger partial charge on any atom is 0.251 e. The zero-order valence-electron chi connectivity index (χ0n) is 12.2. The smallest absolute Gasteiger partial charge is 0.251 e. The van der Waals surface area contributed by atoms with Crippen molar-refractivity contribution in [2.24, 2.45) is 5.73 Å². The van der Waals surface area contributed by atoms with Gasteiger partial charge in [0.2, 0.25) is 5.91 Å². The molecule has 1 atom stereocenters. The second-order valence-corrected chi connectivity index (χ2v) is 5.56. The van der Waals surface area contributed by atoms with Crippen LogP contribution in [0.25, 0.3) is 0 Å². The minimum Gasteiger partial charge on any atom is -0.368 e. The van der Waals surface area contributed by atoms with E-state index in [1.807, 2.05) is 31.2 Å². The van der Waals surface area contributed by atoms with Crippen LogP contribution in [0.3, 0.4) is 0 Å². The first-order valence-electron chi connectivity index (χ1n) is 6.87. The topological polar surface area (TPSA) is 72.2 Å². The van der Waals surface area contributed by atoms with Crippen molar-refractivity contribution in [3.63, 3.8) is 0 Å². The molecule has 0 aromatic heterocycles. The summed E-state index contributed by atoms with van der Waals surface area (Å²) >= 11 is 5.79. The van der Waals surface area contributed by atoms with Gasteiger partial charge in [-0.3, -0.25) is 9.59 Å². The minimum atomic E-state index is -0.759. The summed E-state index contributed by atoms with van der Waals surface area (Å²) in [5.74, 6) is -0.920. The van der Waals surface area contributed by atoms with E-state index < -0.39 is 11.9 Å². The quantitative estimate of drug-likeness (QED) is 0.889. The summed E-state index contributed by atoms with van der Waals surface area (Å²) in [7, 11) is 0. The molecule has 2 rings (SSSR count). The number of hydrogen-bond donors (Lipinski definition) is 2. The third kappa shape index (κ3) is 4.33. The number of rotatable bonds is 5. The molecule has 3 N–H and O–H groups in total. The Kier molecular flexibility index (Phi) is 5.17. The van der Waals surface area contributed by atoms with E-state index in [1.54, 1.807) is 24.3 Å². The summed E-state index contributed by atoms with van der Waals surface area (Å²) in [6.07, 6.45) is 0.357. The summed E-state index contributed by atoms with van der Waals surface area (Å²) in [5.41, 5.74) is 7.86. The third-order valence-electron chi connectivity index (χ3n) is 3.28. The molecule has 2 aromatic rings. The van der Waals surface area contributed by atoms with E-state index in [9.17, 15) is 9.59 Å². The molecule has 0 aliphatic carbocycles. The molecule has 0 saturated heterocycles. The molecule has 0 heterocycles. The monoisotopic (exact) mass is 316 g/mol. The first kappa shape index (κ1) is 16.0. The Hall–Kier alpha value is -2.33. The zero-order valence-corrected chi connectivity index (χ0v) is 12.9. The molecular formula is C17H17ClN2O2. The van der Waals surface area contributed by atoms with E-state index in [4.69, 9.17) is 17.3 Å². The lowest BCUT2D eigenvalue weighted by Crippen LogP contribution is -2.45. The summed E-state index contributed by atoms with van der Waals surface area (Å²) < 4.78 is 0.